The Labute approximate surface area is 167 Å². The molecule has 0 bridgehead atoms. The van der Waals surface area contributed by atoms with Crippen LogP contribution in [0.15, 0.2) is 53.9 Å². The third-order valence-corrected chi connectivity index (χ3v) is 6.53. The first kappa shape index (κ1) is 17.1. The Morgan fingerprint density at radius 2 is 1.93 bits per heavy atom. The number of aryl methyl sites for hydroxylation is 2. The third kappa shape index (κ3) is 2.56. The molecule has 1 fully saturated rings. The number of carbonyl (C=O) groups is 2. The molecule has 1 N–H and O–H groups in total. The van der Waals surface area contributed by atoms with Gasteiger partial charge < -0.3 is 5.32 Å². The summed E-state index contributed by atoms with van der Waals surface area (Å²) in [5.74, 6) is -0.174. The minimum Gasteiger partial charge on any atom is -0.319 e. The highest BCUT2D eigenvalue weighted by molar-refractivity contribution is 7.13. The van der Waals surface area contributed by atoms with Crippen LogP contribution in [0.5, 0.6) is 0 Å². The van der Waals surface area contributed by atoms with Gasteiger partial charge in [-0.1, -0.05) is 54.1 Å². The number of imide groups is 1. The van der Waals surface area contributed by atoms with E-state index in [2.05, 4.69) is 22.4 Å². The molecule has 1 aromatic heterocycles. The number of hydrogen-bond acceptors (Lipinski definition) is 4. The molecule has 6 heteroatoms. The predicted molar refractivity (Wildman–Crippen MR) is 108 cm³/mol. The number of fused-ring (bicyclic) bond motifs is 2. The van der Waals surface area contributed by atoms with Gasteiger partial charge in [-0.3, -0.25) is 9.69 Å². The van der Waals surface area contributed by atoms with Crippen LogP contribution in [0.2, 0.25) is 0 Å². The van der Waals surface area contributed by atoms with Crippen molar-refractivity contribution in [2.75, 3.05) is 0 Å². The summed E-state index contributed by atoms with van der Waals surface area (Å²) in [5.41, 5.74) is 4.11. The van der Waals surface area contributed by atoms with Gasteiger partial charge >= 0.3 is 6.03 Å². The number of amides is 3. The zero-order valence-corrected chi connectivity index (χ0v) is 16.3. The van der Waals surface area contributed by atoms with Crippen LogP contribution in [-0.4, -0.2) is 21.8 Å². The molecule has 1 aliphatic heterocycles. The molecule has 2 heterocycles. The lowest BCUT2D eigenvalue weighted by Crippen LogP contribution is -2.41. The molecule has 5 nitrogen and oxygen atoms in total. The molecule has 3 amide bonds. The summed E-state index contributed by atoms with van der Waals surface area (Å²) in [4.78, 5) is 31.8. The van der Waals surface area contributed by atoms with Gasteiger partial charge in [0.15, 0.2) is 0 Å². The first-order valence-corrected chi connectivity index (χ1v) is 10.2. The highest BCUT2D eigenvalue weighted by atomic mass is 32.1. The lowest BCUT2D eigenvalue weighted by Gasteiger charge is -2.22. The Bertz CT molecular complexity index is 1090. The van der Waals surface area contributed by atoms with E-state index in [1.807, 2.05) is 48.7 Å². The van der Waals surface area contributed by atoms with Crippen molar-refractivity contribution in [1.82, 2.24) is 15.2 Å². The monoisotopic (exact) mass is 389 g/mol. The zero-order chi connectivity index (χ0) is 19.3. The number of hydrogen-bond donors (Lipinski definition) is 1. The molecule has 0 unspecified atom stereocenters. The molecule has 3 aromatic rings. The summed E-state index contributed by atoms with van der Waals surface area (Å²) in [6.07, 6.45) is 1.41. The summed E-state index contributed by atoms with van der Waals surface area (Å²) < 4.78 is 0. The van der Waals surface area contributed by atoms with Crippen LogP contribution in [0, 0.1) is 6.92 Å². The fourth-order valence-electron chi connectivity index (χ4n) is 4.10. The average molecular weight is 389 g/mol. The van der Waals surface area contributed by atoms with Crippen molar-refractivity contribution in [3.63, 3.8) is 0 Å². The summed E-state index contributed by atoms with van der Waals surface area (Å²) in [7, 11) is 0. The van der Waals surface area contributed by atoms with Gasteiger partial charge in [0, 0.05) is 10.9 Å². The summed E-state index contributed by atoms with van der Waals surface area (Å²) in [6, 6.07) is 15.7. The third-order valence-electron chi connectivity index (χ3n) is 5.59. The molecule has 2 aliphatic rings. The SMILES string of the molecule is Cc1ccc(-c2nc(CN3C(=O)N[C@@]4(CCc5ccccc54)C3=O)cs2)cc1. The number of nitrogens with zero attached hydrogens (tertiary/aromatic N) is 2. The van der Waals surface area contributed by atoms with E-state index >= 15 is 0 Å². The summed E-state index contributed by atoms with van der Waals surface area (Å²) in [6.45, 7) is 2.24. The topological polar surface area (TPSA) is 62.3 Å². The maximum Gasteiger partial charge on any atom is 0.325 e. The number of nitrogens with one attached hydrogen (secondary N) is 1. The molecule has 5 rings (SSSR count). The Kier molecular flexibility index (Phi) is 3.84. The van der Waals surface area contributed by atoms with E-state index in [0.717, 1.165) is 33.8 Å². The second kappa shape index (κ2) is 6.27. The van der Waals surface area contributed by atoms with Gasteiger partial charge in [0.2, 0.25) is 0 Å². The van der Waals surface area contributed by atoms with Gasteiger partial charge in [0.05, 0.1) is 12.2 Å². The Balaban J connectivity index is 1.40. The molecular weight excluding hydrogens is 370 g/mol. The molecule has 1 atom stereocenters. The maximum absolute atomic E-state index is 13.2. The number of benzene rings is 2. The van der Waals surface area contributed by atoms with Crippen molar-refractivity contribution in [2.24, 2.45) is 0 Å². The number of carbonyl (C=O) groups excluding carboxylic acids is 2. The fourth-order valence-corrected chi connectivity index (χ4v) is 4.92. The van der Waals surface area contributed by atoms with Crippen LogP contribution in [-0.2, 0) is 23.3 Å². The highest BCUT2D eigenvalue weighted by Gasteiger charge is 2.55. The molecule has 140 valence electrons. The minimum absolute atomic E-state index is 0.174. The van der Waals surface area contributed by atoms with Gasteiger partial charge in [-0.15, -0.1) is 11.3 Å². The second-order valence-electron chi connectivity index (χ2n) is 7.39. The Morgan fingerprint density at radius 3 is 2.75 bits per heavy atom. The predicted octanol–water partition coefficient (Wildman–Crippen LogP) is 4.01. The Hall–Kier alpha value is -2.99. The highest BCUT2D eigenvalue weighted by Crippen LogP contribution is 2.41. The molecule has 1 spiro atoms. The van der Waals surface area contributed by atoms with Crippen LogP contribution < -0.4 is 5.32 Å². The van der Waals surface area contributed by atoms with E-state index in [4.69, 9.17) is 0 Å². The molecule has 28 heavy (non-hydrogen) atoms. The number of aromatic nitrogens is 1. The molecular formula is C22H19N3O2S. The van der Waals surface area contributed by atoms with E-state index in [1.165, 1.54) is 21.8 Å². The lowest BCUT2D eigenvalue weighted by atomic mass is 9.92. The van der Waals surface area contributed by atoms with Gasteiger partial charge in [0.25, 0.3) is 5.91 Å². The molecule has 1 aliphatic carbocycles. The van der Waals surface area contributed by atoms with Crippen molar-refractivity contribution in [3.8, 4) is 10.6 Å². The van der Waals surface area contributed by atoms with Gasteiger partial charge in [-0.25, -0.2) is 9.78 Å². The van der Waals surface area contributed by atoms with E-state index in [9.17, 15) is 9.59 Å². The van der Waals surface area contributed by atoms with Crippen LogP contribution in [0.3, 0.4) is 0 Å². The van der Waals surface area contributed by atoms with E-state index < -0.39 is 5.54 Å². The average Bonchev–Trinajstić information content (AvgIpc) is 3.37. The largest absolute Gasteiger partial charge is 0.325 e. The standard InChI is InChI=1S/C22H19N3O2S/c1-14-6-8-16(9-7-14)19-23-17(13-28-19)12-25-20(26)22(24-21(25)27)11-10-15-4-2-3-5-18(15)22/h2-9,13H,10-12H2,1H3,(H,24,27)/t22-/m1/s1. The lowest BCUT2D eigenvalue weighted by molar-refractivity contribution is -0.132. The number of urea groups is 1. The van der Waals surface area contributed by atoms with Gasteiger partial charge in [-0.2, -0.15) is 0 Å². The minimum atomic E-state index is -0.913. The van der Waals surface area contributed by atoms with Crippen LogP contribution in [0.4, 0.5) is 4.79 Å². The molecule has 2 aromatic carbocycles. The van der Waals surface area contributed by atoms with E-state index in [-0.39, 0.29) is 18.5 Å². The van der Waals surface area contributed by atoms with Gasteiger partial charge in [0.1, 0.15) is 10.5 Å². The fraction of sp³-hybridized carbons (Fsp3) is 0.227. The van der Waals surface area contributed by atoms with E-state index in [1.54, 1.807) is 0 Å². The maximum atomic E-state index is 13.2. The molecule has 0 radical (unpaired) electrons. The van der Waals surface area contributed by atoms with Crippen LogP contribution in [0.25, 0.3) is 10.6 Å². The molecule has 0 saturated carbocycles. The number of thiazole rings is 1. The second-order valence-corrected chi connectivity index (χ2v) is 8.25. The van der Waals surface area contributed by atoms with Crippen molar-refractivity contribution >= 4 is 23.3 Å². The van der Waals surface area contributed by atoms with Crippen LogP contribution in [0.1, 0.15) is 28.8 Å². The van der Waals surface area contributed by atoms with Crippen molar-refractivity contribution in [3.05, 3.63) is 76.3 Å². The van der Waals surface area contributed by atoms with Crippen molar-refractivity contribution < 1.29 is 9.59 Å². The van der Waals surface area contributed by atoms with Crippen molar-refractivity contribution in [2.45, 2.75) is 31.8 Å². The van der Waals surface area contributed by atoms with Gasteiger partial charge in [-0.05, 0) is 30.9 Å². The normalized spacial score (nSPS) is 20.7. The quantitative estimate of drug-likeness (QED) is 0.689. The zero-order valence-electron chi connectivity index (χ0n) is 15.4. The van der Waals surface area contributed by atoms with Crippen molar-refractivity contribution in [1.29, 1.82) is 0 Å². The smallest absolute Gasteiger partial charge is 0.319 e. The van der Waals surface area contributed by atoms with Crippen LogP contribution >= 0.6 is 11.3 Å². The number of rotatable bonds is 3. The van der Waals surface area contributed by atoms with E-state index in [0.29, 0.717) is 6.42 Å². The first-order chi connectivity index (χ1) is 13.6. The summed E-state index contributed by atoms with van der Waals surface area (Å²) in [5, 5.41) is 5.77. The first-order valence-electron chi connectivity index (χ1n) is 9.31. The molecule has 1 saturated heterocycles. The Morgan fingerprint density at radius 1 is 1.14 bits per heavy atom. The summed E-state index contributed by atoms with van der Waals surface area (Å²) >= 11 is 1.53.